The van der Waals surface area contributed by atoms with Crippen LogP contribution in [0, 0.1) is 0 Å². The highest BCUT2D eigenvalue weighted by atomic mass is 16.5. The maximum atomic E-state index is 12.1. The summed E-state index contributed by atoms with van der Waals surface area (Å²) in [6.07, 6.45) is 7.06. The van der Waals surface area contributed by atoms with Crippen LogP contribution in [0.3, 0.4) is 0 Å². The molecule has 0 unspecified atom stereocenters. The fraction of sp³-hybridized carbons (Fsp3) is 0.148. The molecule has 3 heteroatoms. The first-order valence-electron chi connectivity index (χ1n) is 10.1. The lowest BCUT2D eigenvalue weighted by molar-refractivity contribution is 0.104. The van der Waals surface area contributed by atoms with Crippen LogP contribution < -0.4 is 9.47 Å². The molecule has 0 radical (unpaired) electrons. The summed E-state index contributed by atoms with van der Waals surface area (Å²) in [6.45, 7) is 5.04. The Balaban J connectivity index is 1.34. The van der Waals surface area contributed by atoms with E-state index in [0.717, 1.165) is 35.5 Å². The molecule has 30 heavy (non-hydrogen) atoms. The molecule has 0 fully saturated rings. The number of ketones is 1. The van der Waals surface area contributed by atoms with Gasteiger partial charge in [0.05, 0.1) is 13.2 Å². The predicted octanol–water partition coefficient (Wildman–Crippen LogP) is 6.46. The second kappa shape index (κ2) is 11.4. The Bertz CT molecular complexity index is 955. The molecule has 3 aromatic carbocycles. The molecule has 0 N–H and O–H groups in total. The van der Waals surface area contributed by atoms with Crippen molar-refractivity contribution in [3.63, 3.8) is 0 Å². The van der Waals surface area contributed by atoms with Gasteiger partial charge in [0.25, 0.3) is 0 Å². The van der Waals surface area contributed by atoms with Crippen molar-refractivity contribution in [3.05, 3.63) is 108 Å². The Morgan fingerprint density at radius 1 is 0.733 bits per heavy atom. The van der Waals surface area contributed by atoms with Crippen LogP contribution in [-0.2, 0) is 0 Å². The monoisotopic (exact) mass is 398 g/mol. The van der Waals surface area contributed by atoms with Crippen LogP contribution in [0.15, 0.2) is 91.5 Å². The molecular formula is C27H26O3. The summed E-state index contributed by atoms with van der Waals surface area (Å²) in [6, 6.07) is 24.9. The van der Waals surface area contributed by atoms with E-state index < -0.39 is 0 Å². The molecule has 0 atom stereocenters. The van der Waals surface area contributed by atoms with Gasteiger partial charge in [0.1, 0.15) is 11.5 Å². The van der Waals surface area contributed by atoms with Gasteiger partial charge in [0.15, 0.2) is 5.78 Å². The van der Waals surface area contributed by atoms with Crippen molar-refractivity contribution >= 4 is 17.9 Å². The molecule has 0 saturated carbocycles. The van der Waals surface area contributed by atoms with E-state index in [1.54, 1.807) is 6.08 Å². The van der Waals surface area contributed by atoms with E-state index in [1.165, 1.54) is 0 Å². The van der Waals surface area contributed by atoms with E-state index in [-0.39, 0.29) is 5.78 Å². The number of carbonyl (C=O) groups excluding carboxylic acids is 1. The molecule has 3 rings (SSSR count). The van der Waals surface area contributed by atoms with Gasteiger partial charge in [-0.25, -0.2) is 0 Å². The van der Waals surface area contributed by atoms with Gasteiger partial charge < -0.3 is 9.47 Å². The van der Waals surface area contributed by atoms with Crippen LogP contribution in [0.1, 0.15) is 34.3 Å². The Morgan fingerprint density at radius 2 is 1.27 bits per heavy atom. The second-order valence-corrected chi connectivity index (χ2v) is 6.81. The van der Waals surface area contributed by atoms with Crippen LogP contribution in [0.4, 0.5) is 0 Å². The number of carbonyl (C=O) groups is 1. The van der Waals surface area contributed by atoms with E-state index in [2.05, 4.69) is 6.58 Å². The number of benzene rings is 3. The Kier molecular flexibility index (Phi) is 8.04. The summed E-state index contributed by atoms with van der Waals surface area (Å²) in [5.41, 5.74) is 2.73. The van der Waals surface area contributed by atoms with Gasteiger partial charge in [-0.15, -0.1) is 0 Å². The van der Waals surface area contributed by atoms with Gasteiger partial charge in [-0.3, -0.25) is 4.79 Å². The molecule has 3 aromatic rings. The van der Waals surface area contributed by atoms with E-state index in [1.807, 2.05) is 91.0 Å². The first kappa shape index (κ1) is 21.1. The van der Waals surface area contributed by atoms with Crippen molar-refractivity contribution in [3.8, 4) is 11.5 Å². The summed E-state index contributed by atoms with van der Waals surface area (Å²) in [7, 11) is 0. The van der Waals surface area contributed by atoms with Gasteiger partial charge in [-0.05, 0) is 54.3 Å². The topological polar surface area (TPSA) is 35.5 Å². The van der Waals surface area contributed by atoms with Crippen molar-refractivity contribution < 1.29 is 14.3 Å². The minimum atomic E-state index is -0.00482. The maximum Gasteiger partial charge on any atom is 0.185 e. The smallest absolute Gasteiger partial charge is 0.185 e. The third-order valence-corrected chi connectivity index (χ3v) is 4.56. The molecule has 0 bridgehead atoms. The molecule has 0 aromatic heterocycles. The largest absolute Gasteiger partial charge is 0.494 e. The average molecular weight is 399 g/mol. The fourth-order valence-electron chi connectivity index (χ4n) is 2.83. The third-order valence-electron chi connectivity index (χ3n) is 4.56. The first-order valence-corrected chi connectivity index (χ1v) is 10.1. The van der Waals surface area contributed by atoms with Crippen molar-refractivity contribution in [2.24, 2.45) is 0 Å². The predicted molar refractivity (Wildman–Crippen MR) is 123 cm³/mol. The Labute approximate surface area is 178 Å². The van der Waals surface area contributed by atoms with E-state index in [0.29, 0.717) is 18.8 Å². The average Bonchev–Trinajstić information content (AvgIpc) is 2.81. The normalized spacial score (nSPS) is 10.7. The first-order chi connectivity index (χ1) is 14.7. The zero-order chi connectivity index (χ0) is 21.0. The van der Waals surface area contributed by atoms with Crippen molar-refractivity contribution in [1.29, 1.82) is 0 Å². The van der Waals surface area contributed by atoms with Crippen molar-refractivity contribution in [1.82, 2.24) is 0 Å². The summed E-state index contributed by atoms with van der Waals surface area (Å²) < 4.78 is 11.5. The zero-order valence-electron chi connectivity index (χ0n) is 17.0. The minimum Gasteiger partial charge on any atom is -0.494 e. The van der Waals surface area contributed by atoms with Gasteiger partial charge >= 0.3 is 0 Å². The molecular weight excluding hydrogens is 372 g/mol. The summed E-state index contributed by atoms with van der Waals surface area (Å²) in [5.74, 6) is 1.69. The number of rotatable bonds is 11. The van der Waals surface area contributed by atoms with Gasteiger partial charge in [-0.1, -0.05) is 73.3 Å². The zero-order valence-corrected chi connectivity index (χ0v) is 17.0. The molecule has 0 spiro atoms. The van der Waals surface area contributed by atoms with Crippen LogP contribution in [0.5, 0.6) is 11.5 Å². The molecule has 0 aliphatic rings. The SMILES string of the molecule is C=Cc1ccc(OCCCCOc2ccc(/C=C/C(=O)c3ccccc3)cc2)cc1. The third kappa shape index (κ3) is 6.78. The molecule has 0 aliphatic carbocycles. The molecule has 152 valence electrons. The molecule has 0 aliphatic heterocycles. The lowest BCUT2D eigenvalue weighted by Gasteiger charge is -2.08. The Morgan fingerprint density at radius 3 is 1.80 bits per heavy atom. The van der Waals surface area contributed by atoms with Crippen LogP contribution in [-0.4, -0.2) is 19.0 Å². The highest BCUT2D eigenvalue weighted by Crippen LogP contribution is 2.15. The molecule has 0 saturated heterocycles. The standard InChI is InChI=1S/C27H26O3/c1-2-22-10-15-25(16-11-22)29-20-6-7-21-30-26-17-12-23(13-18-26)14-19-27(28)24-8-4-3-5-9-24/h2-5,8-19H,1,6-7,20-21H2/b19-14+. The second-order valence-electron chi connectivity index (χ2n) is 6.81. The summed E-state index contributed by atoms with van der Waals surface area (Å²) >= 11 is 0. The quantitative estimate of drug-likeness (QED) is 0.211. The van der Waals surface area contributed by atoms with Crippen LogP contribution in [0.25, 0.3) is 12.2 Å². The summed E-state index contributed by atoms with van der Waals surface area (Å²) in [4.78, 5) is 12.1. The number of hydrogen-bond donors (Lipinski definition) is 0. The van der Waals surface area contributed by atoms with Gasteiger partial charge in [0, 0.05) is 5.56 Å². The Hall–Kier alpha value is -3.59. The lowest BCUT2D eigenvalue weighted by Crippen LogP contribution is -2.02. The maximum absolute atomic E-state index is 12.1. The highest BCUT2D eigenvalue weighted by molar-refractivity contribution is 6.06. The molecule has 0 heterocycles. The highest BCUT2D eigenvalue weighted by Gasteiger charge is 2.00. The minimum absolute atomic E-state index is 0.00482. The van der Waals surface area contributed by atoms with E-state index in [4.69, 9.17) is 9.47 Å². The molecule has 3 nitrogen and oxygen atoms in total. The number of unbranched alkanes of at least 4 members (excludes halogenated alkanes) is 1. The van der Waals surface area contributed by atoms with Crippen molar-refractivity contribution in [2.75, 3.05) is 13.2 Å². The van der Waals surface area contributed by atoms with E-state index >= 15 is 0 Å². The van der Waals surface area contributed by atoms with Crippen molar-refractivity contribution in [2.45, 2.75) is 12.8 Å². The lowest BCUT2D eigenvalue weighted by atomic mass is 10.1. The number of ether oxygens (including phenoxy) is 2. The van der Waals surface area contributed by atoms with E-state index in [9.17, 15) is 4.79 Å². The van der Waals surface area contributed by atoms with Crippen LogP contribution >= 0.6 is 0 Å². The summed E-state index contributed by atoms with van der Waals surface area (Å²) in [5, 5.41) is 0. The van der Waals surface area contributed by atoms with Gasteiger partial charge in [-0.2, -0.15) is 0 Å². The van der Waals surface area contributed by atoms with Gasteiger partial charge in [0.2, 0.25) is 0 Å². The number of allylic oxidation sites excluding steroid dienone is 1. The molecule has 0 amide bonds. The fourth-order valence-corrected chi connectivity index (χ4v) is 2.83. The number of hydrogen-bond acceptors (Lipinski definition) is 3. The van der Waals surface area contributed by atoms with Crippen LogP contribution in [0.2, 0.25) is 0 Å².